The molecule has 0 aliphatic heterocycles. The highest BCUT2D eigenvalue weighted by Gasteiger charge is 2.18. The second-order valence-corrected chi connectivity index (χ2v) is 5.07. The van der Waals surface area contributed by atoms with Crippen molar-refractivity contribution in [3.8, 4) is 5.75 Å². The summed E-state index contributed by atoms with van der Waals surface area (Å²) < 4.78 is 6.51. The highest BCUT2D eigenvalue weighted by atomic mass is 79.9. The van der Waals surface area contributed by atoms with Crippen molar-refractivity contribution < 1.29 is 4.74 Å². The molecule has 0 amide bonds. The van der Waals surface area contributed by atoms with Crippen LogP contribution in [0.4, 0.5) is 0 Å². The van der Waals surface area contributed by atoms with Gasteiger partial charge in [-0.2, -0.15) is 0 Å². The van der Waals surface area contributed by atoms with Gasteiger partial charge in [0.15, 0.2) is 0 Å². The van der Waals surface area contributed by atoms with Crippen molar-refractivity contribution in [1.29, 1.82) is 0 Å². The zero-order valence-corrected chi connectivity index (χ0v) is 12.5. The van der Waals surface area contributed by atoms with Gasteiger partial charge in [0.1, 0.15) is 5.75 Å². The van der Waals surface area contributed by atoms with E-state index < -0.39 is 0 Å². The minimum absolute atomic E-state index is 0.0926. The van der Waals surface area contributed by atoms with Crippen molar-refractivity contribution in [3.05, 3.63) is 28.2 Å². The first-order chi connectivity index (χ1) is 8.13. The van der Waals surface area contributed by atoms with Gasteiger partial charge in [-0.3, -0.25) is 0 Å². The van der Waals surface area contributed by atoms with E-state index in [1.54, 1.807) is 0 Å². The zero-order valence-electron chi connectivity index (χ0n) is 10.9. The highest BCUT2D eigenvalue weighted by Crippen LogP contribution is 2.32. The van der Waals surface area contributed by atoms with Crippen LogP contribution in [0.15, 0.2) is 22.7 Å². The number of ether oxygens (including phenoxy) is 1. The first-order valence-corrected chi connectivity index (χ1v) is 7.11. The van der Waals surface area contributed by atoms with Gasteiger partial charge in [-0.15, -0.1) is 0 Å². The molecule has 0 radical (unpaired) electrons. The molecule has 17 heavy (non-hydrogen) atoms. The molecule has 2 N–H and O–H groups in total. The Morgan fingerprint density at radius 1 is 1.24 bits per heavy atom. The molecule has 1 aromatic rings. The third kappa shape index (κ3) is 3.71. The summed E-state index contributed by atoms with van der Waals surface area (Å²) in [6.07, 6.45) is 2.22. The average molecular weight is 300 g/mol. The predicted octanol–water partition coefficient (Wildman–Crippen LogP) is 4.28. The molecule has 0 saturated heterocycles. The molecule has 1 aromatic carbocycles. The minimum atomic E-state index is 0.0926. The number of nitrogens with two attached hydrogens (primary N) is 1. The quantitative estimate of drug-likeness (QED) is 0.851. The molecule has 1 unspecified atom stereocenters. The van der Waals surface area contributed by atoms with Crippen molar-refractivity contribution in [1.82, 2.24) is 0 Å². The van der Waals surface area contributed by atoms with Crippen molar-refractivity contribution in [2.24, 2.45) is 11.7 Å². The Morgan fingerprint density at radius 2 is 1.88 bits per heavy atom. The summed E-state index contributed by atoms with van der Waals surface area (Å²) in [7, 11) is 0. The van der Waals surface area contributed by atoms with Crippen molar-refractivity contribution >= 4 is 15.9 Å². The number of hydrogen-bond acceptors (Lipinski definition) is 2. The van der Waals surface area contributed by atoms with E-state index in [2.05, 4.69) is 35.8 Å². The van der Waals surface area contributed by atoms with Crippen LogP contribution in [0.5, 0.6) is 5.75 Å². The van der Waals surface area contributed by atoms with Crippen molar-refractivity contribution in [3.63, 3.8) is 0 Å². The molecular weight excluding hydrogens is 278 g/mol. The molecular formula is C14H22BrNO. The van der Waals surface area contributed by atoms with Crippen LogP contribution in [0, 0.1) is 5.92 Å². The van der Waals surface area contributed by atoms with Gasteiger partial charge in [0.2, 0.25) is 0 Å². The van der Waals surface area contributed by atoms with E-state index in [0.717, 1.165) is 23.1 Å². The lowest BCUT2D eigenvalue weighted by atomic mass is 9.89. The molecule has 1 rings (SSSR count). The summed E-state index contributed by atoms with van der Waals surface area (Å²) in [5, 5.41) is 0. The molecule has 0 bridgehead atoms. The van der Waals surface area contributed by atoms with Gasteiger partial charge >= 0.3 is 0 Å². The summed E-state index contributed by atoms with van der Waals surface area (Å²) in [5.41, 5.74) is 7.48. The molecule has 0 spiro atoms. The van der Waals surface area contributed by atoms with E-state index in [1.165, 1.54) is 5.56 Å². The fourth-order valence-corrected chi connectivity index (χ4v) is 2.71. The summed E-state index contributed by atoms with van der Waals surface area (Å²) in [6, 6.07) is 6.15. The lowest BCUT2D eigenvalue weighted by Gasteiger charge is -2.23. The Morgan fingerprint density at radius 3 is 2.35 bits per heavy atom. The van der Waals surface area contributed by atoms with Gasteiger partial charge in [0, 0.05) is 10.5 Å². The van der Waals surface area contributed by atoms with Crippen LogP contribution in [0.1, 0.15) is 45.2 Å². The number of benzene rings is 1. The molecule has 3 heteroatoms. The maximum absolute atomic E-state index is 6.31. The molecule has 0 aromatic heterocycles. The third-order valence-corrected chi connectivity index (χ3v) is 3.89. The van der Waals surface area contributed by atoms with Gasteiger partial charge in [-0.05, 0) is 30.5 Å². The second-order valence-electron chi connectivity index (χ2n) is 4.22. The topological polar surface area (TPSA) is 35.2 Å². The Balaban J connectivity index is 2.90. The molecule has 1 atom stereocenters. The van der Waals surface area contributed by atoms with Gasteiger partial charge in [-0.25, -0.2) is 0 Å². The Hall–Kier alpha value is -0.540. The molecule has 0 fully saturated rings. The standard InChI is InChI=1S/C14H22BrNO/c1-4-10(5-2)14(16)12-8-7-11(17-6-3)9-13(12)15/h7-10,14H,4-6,16H2,1-3H3. The molecule has 2 nitrogen and oxygen atoms in total. The Bertz CT molecular complexity index is 350. The molecule has 96 valence electrons. The first-order valence-electron chi connectivity index (χ1n) is 6.31. The van der Waals surface area contributed by atoms with Crippen LogP contribution in [0.25, 0.3) is 0 Å². The van der Waals surface area contributed by atoms with Crippen LogP contribution in [-0.2, 0) is 0 Å². The van der Waals surface area contributed by atoms with E-state index in [1.807, 2.05) is 19.1 Å². The average Bonchev–Trinajstić information content (AvgIpc) is 2.31. The zero-order chi connectivity index (χ0) is 12.8. The van der Waals surface area contributed by atoms with Gasteiger partial charge in [0.05, 0.1) is 6.61 Å². The minimum Gasteiger partial charge on any atom is -0.494 e. The fourth-order valence-electron chi connectivity index (χ4n) is 2.09. The number of rotatable bonds is 6. The smallest absolute Gasteiger partial charge is 0.120 e. The van der Waals surface area contributed by atoms with Gasteiger partial charge in [-0.1, -0.05) is 48.7 Å². The summed E-state index contributed by atoms with van der Waals surface area (Å²) in [4.78, 5) is 0. The summed E-state index contributed by atoms with van der Waals surface area (Å²) in [5.74, 6) is 1.42. The molecule has 0 heterocycles. The van der Waals surface area contributed by atoms with E-state index in [4.69, 9.17) is 10.5 Å². The summed E-state index contributed by atoms with van der Waals surface area (Å²) in [6.45, 7) is 7.05. The molecule has 0 aliphatic rings. The lowest BCUT2D eigenvalue weighted by Crippen LogP contribution is -2.20. The summed E-state index contributed by atoms with van der Waals surface area (Å²) >= 11 is 3.58. The predicted molar refractivity (Wildman–Crippen MR) is 76.3 cm³/mol. The third-order valence-electron chi connectivity index (χ3n) is 3.20. The normalized spacial score (nSPS) is 12.8. The van der Waals surface area contributed by atoms with E-state index in [-0.39, 0.29) is 6.04 Å². The first kappa shape index (κ1) is 14.5. The van der Waals surface area contributed by atoms with Crippen molar-refractivity contribution in [2.45, 2.75) is 39.7 Å². The largest absolute Gasteiger partial charge is 0.494 e. The second kappa shape index (κ2) is 7.02. The maximum Gasteiger partial charge on any atom is 0.120 e. The van der Waals surface area contributed by atoms with Crippen LogP contribution in [-0.4, -0.2) is 6.61 Å². The Labute approximate surface area is 113 Å². The molecule has 0 aliphatic carbocycles. The van der Waals surface area contributed by atoms with Crippen molar-refractivity contribution in [2.75, 3.05) is 6.61 Å². The van der Waals surface area contributed by atoms with Crippen LogP contribution >= 0.6 is 15.9 Å². The van der Waals surface area contributed by atoms with E-state index in [0.29, 0.717) is 12.5 Å². The SMILES string of the molecule is CCOc1ccc(C(N)C(CC)CC)c(Br)c1. The van der Waals surface area contributed by atoms with E-state index >= 15 is 0 Å². The fraction of sp³-hybridized carbons (Fsp3) is 0.571. The van der Waals surface area contributed by atoms with Crippen LogP contribution in [0.2, 0.25) is 0 Å². The Kier molecular flexibility index (Phi) is 6.00. The number of hydrogen-bond donors (Lipinski definition) is 1. The van der Waals surface area contributed by atoms with Gasteiger partial charge < -0.3 is 10.5 Å². The monoisotopic (exact) mass is 299 g/mol. The maximum atomic E-state index is 6.31. The number of halogens is 1. The van der Waals surface area contributed by atoms with Gasteiger partial charge in [0.25, 0.3) is 0 Å². The van der Waals surface area contributed by atoms with Crippen LogP contribution in [0.3, 0.4) is 0 Å². The molecule has 0 saturated carbocycles. The highest BCUT2D eigenvalue weighted by molar-refractivity contribution is 9.10. The van der Waals surface area contributed by atoms with Crippen LogP contribution < -0.4 is 10.5 Å². The van der Waals surface area contributed by atoms with E-state index in [9.17, 15) is 0 Å². The lowest BCUT2D eigenvalue weighted by molar-refractivity contribution is 0.339.